The molecule has 5 atom stereocenters. The summed E-state index contributed by atoms with van der Waals surface area (Å²) in [6, 6.07) is 40.1. The molecule has 2 amide bonds. The summed E-state index contributed by atoms with van der Waals surface area (Å²) in [5.41, 5.74) is 1.29. The number of carbonyl (C=O) groups excluding carboxylic acids is 2. The molecule has 7 rings (SSSR count). The van der Waals surface area contributed by atoms with E-state index >= 15 is 0 Å². The van der Waals surface area contributed by atoms with Crippen LogP contribution in [0.25, 0.3) is 0 Å². The molecule has 0 bridgehead atoms. The first-order chi connectivity index (χ1) is 27.1. The predicted molar refractivity (Wildman–Crippen MR) is 214 cm³/mol. The Labute approximate surface area is 328 Å². The van der Waals surface area contributed by atoms with E-state index in [-0.39, 0.29) is 29.4 Å². The van der Waals surface area contributed by atoms with Crippen molar-refractivity contribution >= 4 is 30.5 Å². The molecular formula is C45H47NO9Si. The third kappa shape index (κ3) is 7.48. The van der Waals surface area contributed by atoms with Crippen LogP contribution >= 0.6 is 0 Å². The highest BCUT2D eigenvalue weighted by atomic mass is 28.4. The summed E-state index contributed by atoms with van der Waals surface area (Å²) in [4.78, 5) is 29.4. The molecule has 5 aromatic rings. The number of ether oxygens (including phenoxy) is 5. The highest BCUT2D eigenvalue weighted by molar-refractivity contribution is 6.99. The topological polar surface area (TPSA) is 113 Å². The van der Waals surface area contributed by atoms with Gasteiger partial charge in [-0.05, 0) is 69.5 Å². The molecule has 290 valence electrons. The molecule has 10 nitrogen and oxygen atoms in total. The Bertz CT molecular complexity index is 2030. The standard InChI is InChI=1S/C45H47NO9Si/c1-45(2,3)56(34-14-8-6-9-15-34,35-16-10-7-11-17-35)53-29-38-40(47)41(52-28-30-20-22-31(50-4)23-21-30)39(44(55-38)54-33-26-24-32(51-5)25-27-33)46-42(48)36-18-12-13-19-37(36)43(46)49/h6-27,38-41,44,47H,28-29H2,1-5H3/t38-,39-,40-,41-,44-/m1/s1. The second kappa shape index (κ2) is 16.4. The SMILES string of the molecule is COc1ccc(CO[C@H]2[C@H](O)[C@@H](CO[Si](c3ccccc3)(c3ccccc3)C(C)(C)C)O[C@@H](Oc3ccc(OC)cc3)[C@@H]2N2C(=O)c3ccccc3C2=O)cc1. The smallest absolute Gasteiger partial charge is 0.262 e. The molecule has 1 N–H and O–H groups in total. The van der Waals surface area contributed by atoms with Gasteiger partial charge in [0.05, 0.1) is 38.6 Å². The van der Waals surface area contributed by atoms with Crippen LogP contribution in [0.1, 0.15) is 47.1 Å². The first-order valence-electron chi connectivity index (χ1n) is 18.7. The van der Waals surface area contributed by atoms with E-state index in [1.54, 1.807) is 62.8 Å². The number of rotatable bonds is 13. The molecule has 1 fully saturated rings. The molecule has 11 heteroatoms. The van der Waals surface area contributed by atoms with Gasteiger partial charge in [-0.3, -0.25) is 14.5 Å². The van der Waals surface area contributed by atoms with Crippen molar-refractivity contribution in [3.63, 3.8) is 0 Å². The maximum atomic E-state index is 14.2. The van der Waals surface area contributed by atoms with Crippen molar-refractivity contribution in [3.8, 4) is 17.2 Å². The molecule has 56 heavy (non-hydrogen) atoms. The lowest BCUT2D eigenvalue weighted by Crippen LogP contribution is -2.70. The van der Waals surface area contributed by atoms with Crippen molar-refractivity contribution in [1.29, 1.82) is 0 Å². The maximum Gasteiger partial charge on any atom is 0.262 e. The largest absolute Gasteiger partial charge is 0.497 e. The van der Waals surface area contributed by atoms with E-state index in [9.17, 15) is 14.7 Å². The first-order valence-corrected chi connectivity index (χ1v) is 20.6. The van der Waals surface area contributed by atoms with Crippen LogP contribution in [0.5, 0.6) is 17.2 Å². The summed E-state index contributed by atoms with van der Waals surface area (Å²) in [5.74, 6) is 0.628. The quantitative estimate of drug-likeness (QED) is 0.114. The molecule has 5 aromatic carbocycles. The van der Waals surface area contributed by atoms with Gasteiger partial charge < -0.3 is 33.2 Å². The number of fused-ring (bicyclic) bond motifs is 1. The summed E-state index contributed by atoms with van der Waals surface area (Å²) in [5, 5.41) is 14.2. The molecule has 2 aliphatic heterocycles. The van der Waals surface area contributed by atoms with Crippen LogP contribution in [-0.4, -0.2) is 81.6 Å². The van der Waals surface area contributed by atoms with Crippen LogP contribution in [-0.2, 0) is 20.5 Å². The molecule has 0 spiro atoms. The number of amides is 2. The highest BCUT2D eigenvalue weighted by Crippen LogP contribution is 2.39. The van der Waals surface area contributed by atoms with Crippen molar-refractivity contribution in [2.75, 3.05) is 20.8 Å². The van der Waals surface area contributed by atoms with E-state index < -0.39 is 50.8 Å². The minimum absolute atomic E-state index is 0.0446. The maximum absolute atomic E-state index is 14.2. The van der Waals surface area contributed by atoms with Gasteiger partial charge in [-0.1, -0.05) is 106 Å². The Hall–Kier alpha value is -5.30. The van der Waals surface area contributed by atoms with E-state index in [0.717, 1.165) is 20.8 Å². The fraction of sp³-hybridized carbons (Fsp3) is 0.289. The molecule has 2 heterocycles. The Morgan fingerprint density at radius 1 is 0.679 bits per heavy atom. The summed E-state index contributed by atoms with van der Waals surface area (Å²) in [6.07, 6.45) is -4.81. The van der Waals surface area contributed by atoms with Gasteiger partial charge in [0.2, 0.25) is 6.29 Å². The predicted octanol–water partition coefficient (Wildman–Crippen LogP) is 6.00. The number of aliphatic hydroxyl groups excluding tert-OH is 1. The molecule has 0 unspecified atom stereocenters. The molecule has 0 aromatic heterocycles. The van der Waals surface area contributed by atoms with Crippen molar-refractivity contribution in [1.82, 2.24) is 4.90 Å². The molecule has 0 aliphatic carbocycles. The zero-order valence-corrected chi connectivity index (χ0v) is 33.2. The number of methoxy groups -OCH3 is 2. The number of benzene rings is 5. The Morgan fingerprint density at radius 3 is 1.66 bits per heavy atom. The van der Waals surface area contributed by atoms with Gasteiger partial charge in [-0.2, -0.15) is 0 Å². The van der Waals surface area contributed by atoms with Crippen LogP contribution in [0.15, 0.2) is 133 Å². The van der Waals surface area contributed by atoms with Crippen LogP contribution < -0.4 is 24.6 Å². The third-order valence-electron chi connectivity index (χ3n) is 10.6. The fourth-order valence-electron chi connectivity index (χ4n) is 7.75. The zero-order valence-electron chi connectivity index (χ0n) is 32.2. The number of nitrogens with zero attached hydrogens (tertiary/aromatic N) is 1. The van der Waals surface area contributed by atoms with Crippen LogP contribution in [0, 0.1) is 0 Å². The van der Waals surface area contributed by atoms with Crippen molar-refractivity contribution in [2.24, 2.45) is 0 Å². The average molecular weight is 774 g/mol. The summed E-state index contributed by atoms with van der Waals surface area (Å²) in [6.45, 7) is 6.52. The van der Waals surface area contributed by atoms with E-state index in [1.165, 1.54) is 0 Å². The first kappa shape index (κ1) is 39.0. The number of aliphatic hydroxyl groups is 1. The van der Waals surface area contributed by atoms with E-state index in [0.29, 0.717) is 17.2 Å². The van der Waals surface area contributed by atoms with E-state index in [2.05, 4.69) is 45.0 Å². The highest BCUT2D eigenvalue weighted by Gasteiger charge is 2.57. The third-order valence-corrected chi connectivity index (χ3v) is 15.6. The lowest BCUT2D eigenvalue weighted by atomic mass is 9.95. The fourth-order valence-corrected chi connectivity index (χ4v) is 12.3. The van der Waals surface area contributed by atoms with Gasteiger partial charge >= 0.3 is 0 Å². The number of carbonyl (C=O) groups is 2. The van der Waals surface area contributed by atoms with Gasteiger partial charge in [0.1, 0.15) is 41.6 Å². The van der Waals surface area contributed by atoms with Crippen molar-refractivity contribution in [2.45, 2.75) is 63.1 Å². The van der Waals surface area contributed by atoms with Crippen LogP contribution in [0.2, 0.25) is 5.04 Å². The van der Waals surface area contributed by atoms with Crippen LogP contribution in [0.4, 0.5) is 0 Å². The minimum Gasteiger partial charge on any atom is -0.497 e. The van der Waals surface area contributed by atoms with Crippen molar-refractivity contribution in [3.05, 3.63) is 150 Å². The average Bonchev–Trinajstić information content (AvgIpc) is 3.47. The minimum atomic E-state index is -3.10. The second-order valence-electron chi connectivity index (χ2n) is 14.9. The van der Waals surface area contributed by atoms with Crippen molar-refractivity contribution < 1.29 is 42.8 Å². The Balaban J connectivity index is 1.30. The van der Waals surface area contributed by atoms with E-state index in [1.807, 2.05) is 60.7 Å². The Kier molecular flexibility index (Phi) is 11.4. The Morgan fingerprint density at radius 2 is 1.16 bits per heavy atom. The number of hydrogen-bond donors (Lipinski definition) is 1. The second-order valence-corrected chi connectivity index (χ2v) is 19.2. The normalized spacial score (nSPS) is 21.1. The molecule has 0 saturated carbocycles. The van der Waals surface area contributed by atoms with E-state index in [4.69, 9.17) is 28.1 Å². The molecule has 2 aliphatic rings. The number of hydrogen-bond acceptors (Lipinski definition) is 9. The zero-order chi connectivity index (χ0) is 39.5. The van der Waals surface area contributed by atoms with Gasteiger partial charge in [-0.25, -0.2) is 0 Å². The van der Waals surface area contributed by atoms with Crippen LogP contribution in [0.3, 0.4) is 0 Å². The van der Waals surface area contributed by atoms with Gasteiger partial charge in [0, 0.05) is 0 Å². The lowest BCUT2D eigenvalue weighted by Gasteiger charge is -2.48. The van der Waals surface area contributed by atoms with Gasteiger partial charge in [0.15, 0.2) is 0 Å². The number of imide groups is 1. The summed E-state index contributed by atoms with van der Waals surface area (Å²) >= 11 is 0. The lowest BCUT2D eigenvalue weighted by molar-refractivity contribution is -0.263. The molecule has 1 saturated heterocycles. The molecular weight excluding hydrogens is 727 g/mol. The molecule has 0 radical (unpaired) electrons. The summed E-state index contributed by atoms with van der Waals surface area (Å²) in [7, 11) is 0.0656. The van der Waals surface area contributed by atoms with Gasteiger partial charge in [0.25, 0.3) is 20.1 Å². The monoisotopic (exact) mass is 773 g/mol. The van der Waals surface area contributed by atoms with Gasteiger partial charge in [-0.15, -0.1) is 0 Å². The summed E-state index contributed by atoms with van der Waals surface area (Å²) < 4.78 is 37.9.